The average molecular weight is 714 g/mol. The van der Waals surface area contributed by atoms with Crippen molar-refractivity contribution in [3.05, 3.63) is 188 Å². The predicted octanol–water partition coefficient (Wildman–Crippen LogP) is 12.9. The number of aromatic nitrogens is 5. The maximum absolute atomic E-state index is 5.36. The largest absolute Gasteiger partial charge is 0.292 e. The van der Waals surface area contributed by atoms with Crippen molar-refractivity contribution in [2.45, 2.75) is 0 Å². The van der Waals surface area contributed by atoms with E-state index in [9.17, 15) is 0 Å². The van der Waals surface area contributed by atoms with Gasteiger partial charge in [0.05, 0.1) is 33.3 Å². The number of para-hydroxylation sites is 3. The molecule has 12 rings (SSSR count). The highest BCUT2D eigenvalue weighted by atomic mass is 15.2. The smallest absolute Gasteiger partial charge is 0.235 e. The van der Waals surface area contributed by atoms with Gasteiger partial charge in [-0.25, -0.2) is 15.0 Å². The van der Waals surface area contributed by atoms with Gasteiger partial charge in [0.2, 0.25) is 5.95 Å². The van der Waals surface area contributed by atoms with Gasteiger partial charge in [-0.05, 0) is 69.4 Å². The molecule has 56 heavy (non-hydrogen) atoms. The van der Waals surface area contributed by atoms with Gasteiger partial charge in [0, 0.05) is 38.4 Å². The summed E-state index contributed by atoms with van der Waals surface area (Å²) in [5.41, 5.74) is 9.17. The number of fused-ring (bicyclic) bond motifs is 12. The van der Waals surface area contributed by atoms with Gasteiger partial charge in [0.1, 0.15) is 5.82 Å². The molecule has 12 aromatic rings. The van der Waals surface area contributed by atoms with Crippen LogP contribution in [0.15, 0.2) is 188 Å². The number of hydrogen-bond donors (Lipinski definition) is 0. The van der Waals surface area contributed by atoms with Gasteiger partial charge in [-0.15, -0.1) is 0 Å². The lowest BCUT2D eigenvalue weighted by Crippen LogP contribution is -2.03. The first-order valence-corrected chi connectivity index (χ1v) is 19.0. The van der Waals surface area contributed by atoms with E-state index in [0.717, 1.165) is 66.7 Å². The van der Waals surface area contributed by atoms with E-state index < -0.39 is 0 Å². The molecule has 0 saturated carbocycles. The summed E-state index contributed by atoms with van der Waals surface area (Å²) in [6.45, 7) is 0. The molecule has 9 aromatic carbocycles. The van der Waals surface area contributed by atoms with Gasteiger partial charge < -0.3 is 0 Å². The fraction of sp³-hybridized carbons (Fsp3) is 0. The monoisotopic (exact) mass is 713 g/mol. The summed E-state index contributed by atoms with van der Waals surface area (Å²) in [6, 6.07) is 66.5. The molecule has 3 aromatic heterocycles. The summed E-state index contributed by atoms with van der Waals surface area (Å²) in [5, 5.41) is 10.6. The molecule has 3 heterocycles. The first-order chi connectivity index (χ1) is 27.8. The van der Waals surface area contributed by atoms with E-state index in [1.807, 2.05) is 6.07 Å². The fourth-order valence-electron chi connectivity index (χ4n) is 8.89. The molecule has 0 bridgehead atoms. The standard InChI is InChI=1S/C51H31N5/c1-4-16-32(17-5-1)49-38-24-12-14-26-42(38)53-51(54-49)56-44-27-15-13-25-39(44)48-45(56)29-28-37-35-22-10-11-23-36(35)40-30-43-46(31-41(40)47(37)48)55(34-20-8-3-9-21-34)50(52-43)33-18-6-2-7-19-33/h1-31H. The maximum Gasteiger partial charge on any atom is 0.235 e. The molecule has 5 nitrogen and oxygen atoms in total. The van der Waals surface area contributed by atoms with Crippen molar-refractivity contribution in [2.24, 2.45) is 0 Å². The zero-order valence-corrected chi connectivity index (χ0v) is 30.1. The SMILES string of the molecule is c1ccc(-c2nc(-n3c4ccccc4c4c5c(ccc43)c3ccccc3c3cc4nc(-c6ccccc6)n(-c6ccccc6)c4cc35)nc3ccccc23)cc1. The minimum atomic E-state index is 0.648. The normalized spacial score (nSPS) is 11.9. The van der Waals surface area contributed by atoms with Gasteiger partial charge in [-0.1, -0.05) is 146 Å². The summed E-state index contributed by atoms with van der Waals surface area (Å²) in [7, 11) is 0. The van der Waals surface area contributed by atoms with Crippen LogP contribution < -0.4 is 0 Å². The molecule has 0 radical (unpaired) electrons. The molecular formula is C51H31N5. The fourth-order valence-corrected chi connectivity index (χ4v) is 8.89. The number of benzene rings is 9. The van der Waals surface area contributed by atoms with E-state index >= 15 is 0 Å². The van der Waals surface area contributed by atoms with Crippen molar-refractivity contribution >= 4 is 76.1 Å². The summed E-state index contributed by atoms with van der Waals surface area (Å²) < 4.78 is 4.56. The van der Waals surface area contributed by atoms with Gasteiger partial charge in [0.25, 0.3) is 0 Å². The Balaban J connectivity index is 1.25. The van der Waals surface area contributed by atoms with E-state index in [2.05, 4.69) is 191 Å². The lowest BCUT2D eigenvalue weighted by molar-refractivity contribution is 1.01. The zero-order valence-electron chi connectivity index (χ0n) is 30.1. The molecule has 0 fully saturated rings. The molecule has 0 amide bonds. The molecule has 260 valence electrons. The molecule has 0 aliphatic carbocycles. The van der Waals surface area contributed by atoms with E-state index in [-0.39, 0.29) is 0 Å². The third-order valence-electron chi connectivity index (χ3n) is 11.3. The highest BCUT2D eigenvalue weighted by molar-refractivity contribution is 6.36. The number of rotatable bonds is 4. The molecule has 0 saturated heterocycles. The Morgan fingerprint density at radius 3 is 1.71 bits per heavy atom. The number of nitrogens with zero attached hydrogens (tertiary/aromatic N) is 5. The zero-order chi connectivity index (χ0) is 36.7. The van der Waals surface area contributed by atoms with E-state index in [1.165, 1.54) is 37.7 Å². The first kappa shape index (κ1) is 30.8. The van der Waals surface area contributed by atoms with Crippen LogP contribution in [0.4, 0.5) is 0 Å². The van der Waals surface area contributed by atoms with Crippen LogP contribution in [0.25, 0.3) is 110 Å². The quantitative estimate of drug-likeness (QED) is 0.171. The first-order valence-electron chi connectivity index (χ1n) is 19.0. The van der Waals surface area contributed by atoms with Crippen LogP contribution in [0.1, 0.15) is 0 Å². The second kappa shape index (κ2) is 11.9. The molecule has 0 unspecified atom stereocenters. The average Bonchev–Trinajstić information content (AvgIpc) is 3.82. The lowest BCUT2D eigenvalue weighted by atomic mass is 9.91. The van der Waals surface area contributed by atoms with E-state index in [1.54, 1.807) is 0 Å². The van der Waals surface area contributed by atoms with Gasteiger partial charge in [-0.3, -0.25) is 9.13 Å². The minimum Gasteiger partial charge on any atom is -0.292 e. The molecular weight excluding hydrogens is 683 g/mol. The van der Waals surface area contributed by atoms with Crippen LogP contribution in [0.3, 0.4) is 0 Å². The van der Waals surface area contributed by atoms with Crippen molar-refractivity contribution in [3.8, 4) is 34.3 Å². The van der Waals surface area contributed by atoms with Crippen LogP contribution in [0, 0.1) is 0 Å². The van der Waals surface area contributed by atoms with Gasteiger partial charge >= 0.3 is 0 Å². The summed E-state index contributed by atoms with van der Waals surface area (Å²) >= 11 is 0. The van der Waals surface area contributed by atoms with Crippen molar-refractivity contribution < 1.29 is 0 Å². The highest BCUT2D eigenvalue weighted by Gasteiger charge is 2.23. The molecule has 0 atom stereocenters. The Morgan fingerprint density at radius 2 is 0.946 bits per heavy atom. The van der Waals surface area contributed by atoms with Crippen LogP contribution in [0.5, 0.6) is 0 Å². The third-order valence-corrected chi connectivity index (χ3v) is 11.3. The molecule has 5 heteroatoms. The van der Waals surface area contributed by atoms with Crippen LogP contribution in [0.2, 0.25) is 0 Å². The molecule has 0 spiro atoms. The minimum absolute atomic E-state index is 0.648. The second-order valence-electron chi connectivity index (χ2n) is 14.4. The lowest BCUT2D eigenvalue weighted by Gasteiger charge is -2.14. The summed E-state index contributed by atoms with van der Waals surface area (Å²) in [6.07, 6.45) is 0. The van der Waals surface area contributed by atoms with Crippen LogP contribution >= 0.6 is 0 Å². The topological polar surface area (TPSA) is 48.5 Å². The molecule has 0 aliphatic rings. The Kier molecular flexibility index (Phi) is 6.56. The van der Waals surface area contributed by atoms with Crippen LogP contribution in [-0.2, 0) is 0 Å². The van der Waals surface area contributed by atoms with Gasteiger partial charge in [-0.2, -0.15) is 0 Å². The Labute approximate surface area is 321 Å². The Hall–Kier alpha value is -7.63. The third kappa shape index (κ3) is 4.46. The van der Waals surface area contributed by atoms with E-state index in [0.29, 0.717) is 5.95 Å². The molecule has 0 aliphatic heterocycles. The maximum atomic E-state index is 5.36. The Bertz CT molecular complexity index is 3510. The van der Waals surface area contributed by atoms with Crippen molar-refractivity contribution in [1.29, 1.82) is 0 Å². The number of hydrogen-bond acceptors (Lipinski definition) is 3. The highest BCUT2D eigenvalue weighted by Crippen LogP contribution is 2.45. The van der Waals surface area contributed by atoms with Crippen molar-refractivity contribution in [1.82, 2.24) is 24.1 Å². The van der Waals surface area contributed by atoms with Crippen LogP contribution in [-0.4, -0.2) is 24.1 Å². The summed E-state index contributed by atoms with van der Waals surface area (Å²) in [5.74, 6) is 1.57. The molecule has 0 N–H and O–H groups in total. The van der Waals surface area contributed by atoms with Gasteiger partial charge in [0.15, 0.2) is 0 Å². The summed E-state index contributed by atoms with van der Waals surface area (Å²) in [4.78, 5) is 16.0. The second-order valence-corrected chi connectivity index (χ2v) is 14.4. The number of imidazole rings is 1. The Morgan fingerprint density at radius 1 is 0.321 bits per heavy atom. The van der Waals surface area contributed by atoms with Crippen molar-refractivity contribution in [2.75, 3.05) is 0 Å². The van der Waals surface area contributed by atoms with E-state index in [4.69, 9.17) is 15.0 Å². The predicted molar refractivity (Wildman–Crippen MR) is 232 cm³/mol. The van der Waals surface area contributed by atoms with Crippen molar-refractivity contribution in [3.63, 3.8) is 0 Å².